The van der Waals surface area contributed by atoms with Gasteiger partial charge in [0.2, 0.25) is 0 Å². The van der Waals surface area contributed by atoms with Crippen LogP contribution in [-0.2, 0) is 16.9 Å². The summed E-state index contributed by atoms with van der Waals surface area (Å²) in [5, 5.41) is 19.6. The predicted octanol–water partition coefficient (Wildman–Crippen LogP) is 5.14. The molecule has 0 aliphatic carbocycles. The highest BCUT2D eigenvalue weighted by Crippen LogP contribution is 2.51. The lowest BCUT2D eigenvalue weighted by atomic mass is 9.78. The molecule has 7 nitrogen and oxygen atoms in total. The molecule has 0 radical (unpaired) electrons. The number of amides is 1. The minimum absolute atomic E-state index is 0.166. The van der Waals surface area contributed by atoms with Crippen molar-refractivity contribution < 1.29 is 14.5 Å². The van der Waals surface area contributed by atoms with Gasteiger partial charge < -0.3 is 10.1 Å². The summed E-state index contributed by atoms with van der Waals surface area (Å²) in [6, 6.07) is 17.8. The summed E-state index contributed by atoms with van der Waals surface area (Å²) < 4.78 is 6.10. The number of nitrogens with one attached hydrogen (secondary N) is 2. The number of halogens is 2. The second-order valence-electron chi connectivity index (χ2n) is 8.56. The fourth-order valence-corrected chi connectivity index (χ4v) is 5.67. The number of para-hydroxylation sites is 2. The first kappa shape index (κ1) is 22.7. The maximum absolute atomic E-state index is 13.2. The average Bonchev–Trinajstić information content (AvgIpc) is 3.27. The highest BCUT2D eigenvalue weighted by atomic mass is 35.5. The van der Waals surface area contributed by atoms with Crippen molar-refractivity contribution in [3.05, 3.63) is 104 Å². The van der Waals surface area contributed by atoms with E-state index >= 15 is 0 Å². The second-order valence-corrected chi connectivity index (χ2v) is 9.40. The van der Waals surface area contributed by atoms with Crippen LogP contribution in [0.25, 0.3) is 0 Å². The molecule has 5 rings (SSSR count). The number of ether oxygens (including phenoxy) is 1. The van der Waals surface area contributed by atoms with Gasteiger partial charge >= 0.3 is 0 Å². The van der Waals surface area contributed by atoms with Gasteiger partial charge in [0.1, 0.15) is 12.4 Å². The molecule has 1 amide bonds. The molecule has 1 spiro atoms. The molecule has 1 fully saturated rings. The highest BCUT2D eigenvalue weighted by molar-refractivity contribution is 6.35. The maximum Gasteiger partial charge on any atom is 0.256 e. The number of benzene rings is 3. The zero-order chi connectivity index (χ0) is 24.0. The van der Waals surface area contributed by atoms with Crippen molar-refractivity contribution in [2.24, 2.45) is 0 Å². The number of hydrogen-bond donors (Lipinski definition) is 2. The number of carbonyl (C=O) groups is 1. The van der Waals surface area contributed by atoms with E-state index in [4.69, 9.17) is 27.9 Å². The molecule has 0 saturated carbocycles. The quantitative estimate of drug-likeness (QED) is 0.375. The average molecular weight is 498 g/mol. The zero-order valence-corrected chi connectivity index (χ0v) is 19.6. The Morgan fingerprint density at radius 1 is 1.09 bits per heavy atom. The topological polar surface area (TPSA) is 93.5 Å². The van der Waals surface area contributed by atoms with Crippen molar-refractivity contribution in [1.29, 1.82) is 0 Å². The lowest BCUT2D eigenvalue weighted by Crippen LogP contribution is -2.54. The van der Waals surface area contributed by atoms with Crippen molar-refractivity contribution in [1.82, 2.24) is 5.32 Å². The lowest BCUT2D eigenvalue weighted by molar-refractivity contribution is -0.532. The van der Waals surface area contributed by atoms with Crippen LogP contribution in [0.3, 0.4) is 0 Å². The fraction of sp³-hybridized carbons (Fsp3) is 0.240. The van der Waals surface area contributed by atoms with Gasteiger partial charge in [0.15, 0.2) is 5.54 Å². The first-order valence-electron chi connectivity index (χ1n) is 10.8. The maximum atomic E-state index is 13.2. The van der Waals surface area contributed by atoms with Crippen LogP contribution in [0, 0.1) is 10.1 Å². The summed E-state index contributed by atoms with van der Waals surface area (Å²) in [6.45, 7) is 2.02. The van der Waals surface area contributed by atoms with E-state index in [0.29, 0.717) is 32.6 Å². The lowest BCUT2D eigenvalue weighted by Gasteiger charge is -2.26. The number of anilines is 1. The number of rotatable bonds is 5. The first-order chi connectivity index (χ1) is 16.3. The summed E-state index contributed by atoms with van der Waals surface area (Å²) in [4.78, 5) is 25.4. The molecule has 4 atom stereocenters. The molecular formula is C25H21Cl2N3O4. The largest absolute Gasteiger partial charge is 0.489 e. The minimum Gasteiger partial charge on any atom is -0.489 e. The Balaban J connectivity index is 1.54. The molecule has 2 N–H and O–H groups in total. The molecule has 2 aliphatic rings. The Morgan fingerprint density at radius 3 is 2.59 bits per heavy atom. The Labute approximate surface area is 206 Å². The molecule has 1 saturated heterocycles. The number of fused-ring (bicyclic) bond motifs is 2. The number of nitrogens with zero attached hydrogens (tertiary/aromatic N) is 1. The molecule has 9 heteroatoms. The van der Waals surface area contributed by atoms with E-state index in [2.05, 4.69) is 10.6 Å². The van der Waals surface area contributed by atoms with Crippen LogP contribution in [0.5, 0.6) is 5.75 Å². The predicted molar refractivity (Wildman–Crippen MR) is 130 cm³/mol. The Hall–Kier alpha value is -3.13. The molecule has 0 aromatic heterocycles. The molecule has 34 heavy (non-hydrogen) atoms. The molecule has 2 aliphatic heterocycles. The Kier molecular flexibility index (Phi) is 5.72. The van der Waals surface area contributed by atoms with Gasteiger partial charge in [-0.15, -0.1) is 0 Å². The van der Waals surface area contributed by atoms with E-state index in [1.165, 1.54) is 0 Å². The van der Waals surface area contributed by atoms with Gasteiger partial charge in [-0.25, -0.2) is 0 Å². The van der Waals surface area contributed by atoms with Gasteiger partial charge in [0.05, 0.1) is 5.92 Å². The van der Waals surface area contributed by atoms with Crippen molar-refractivity contribution in [3.8, 4) is 5.75 Å². The number of nitro groups is 1. The molecular weight excluding hydrogens is 477 g/mol. The molecule has 2 heterocycles. The summed E-state index contributed by atoms with van der Waals surface area (Å²) in [5.74, 6) is -0.539. The minimum atomic E-state index is -1.48. The van der Waals surface area contributed by atoms with Gasteiger partial charge in [-0.05, 0) is 31.2 Å². The second kappa shape index (κ2) is 8.58. The summed E-state index contributed by atoms with van der Waals surface area (Å²) in [7, 11) is 0. The van der Waals surface area contributed by atoms with Crippen molar-refractivity contribution in [2.75, 3.05) is 5.32 Å². The molecule has 174 valence electrons. The summed E-state index contributed by atoms with van der Waals surface area (Å²) in [5.41, 5.74) is 1.09. The van der Waals surface area contributed by atoms with Crippen LogP contribution in [0.1, 0.15) is 29.5 Å². The van der Waals surface area contributed by atoms with Crippen molar-refractivity contribution >= 4 is 34.8 Å². The third-order valence-electron chi connectivity index (χ3n) is 6.64. The third kappa shape index (κ3) is 3.52. The molecule has 3 aromatic rings. The van der Waals surface area contributed by atoms with Crippen molar-refractivity contribution in [3.63, 3.8) is 0 Å². The molecule has 0 bridgehead atoms. The smallest absolute Gasteiger partial charge is 0.256 e. The Bertz CT molecular complexity index is 1300. The van der Waals surface area contributed by atoms with E-state index in [-0.39, 0.29) is 17.6 Å². The van der Waals surface area contributed by atoms with Crippen LogP contribution < -0.4 is 15.4 Å². The van der Waals surface area contributed by atoms with Gasteiger partial charge in [0, 0.05) is 43.4 Å². The summed E-state index contributed by atoms with van der Waals surface area (Å²) in [6.07, 6.45) is 0. The normalized spacial score (nSPS) is 25.3. The van der Waals surface area contributed by atoms with Crippen LogP contribution in [-0.4, -0.2) is 22.9 Å². The van der Waals surface area contributed by atoms with Crippen LogP contribution >= 0.6 is 23.2 Å². The van der Waals surface area contributed by atoms with E-state index < -0.39 is 23.4 Å². The van der Waals surface area contributed by atoms with Gasteiger partial charge in [-0.3, -0.25) is 20.2 Å². The van der Waals surface area contributed by atoms with Gasteiger partial charge in [-0.2, -0.15) is 0 Å². The third-order valence-corrected chi connectivity index (χ3v) is 7.23. The number of hydrogen-bond acceptors (Lipinski definition) is 5. The van der Waals surface area contributed by atoms with E-state index in [0.717, 1.165) is 5.56 Å². The van der Waals surface area contributed by atoms with Crippen LogP contribution in [0.2, 0.25) is 10.0 Å². The first-order valence-corrected chi connectivity index (χ1v) is 11.6. The van der Waals surface area contributed by atoms with Crippen LogP contribution in [0.15, 0.2) is 66.7 Å². The Morgan fingerprint density at radius 2 is 1.82 bits per heavy atom. The van der Waals surface area contributed by atoms with E-state index in [1.807, 2.05) is 25.1 Å². The van der Waals surface area contributed by atoms with E-state index in [9.17, 15) is 14.9 Å². The van der Waals surface area contributed by atoms with Gasteiger partial charge in [-0.1, -0.05) is 65.7 Å². The molecule has 3 aromatic carbocycles. The fourth-order valence-electron chi connectivity index (χ4n) is 5.20. The monoisotopic (exact) mass is 497 g/mol. The molecule has 0 unspecified atom stereocenters. The number of carbonyl (C=O) groups excluding carboxylic acids is 1. The SMILES string of the molecule is C[C@@H]1N[C@]2(C(=O)Nc3ccccc32)[C@H]([N+](=O)[O-])[C@H]1c1ccccc1OCc1ccc(Cl)cc1Cl. The van der Waals surface area contributed by atoms with Crippen molar-refractivity contribution in [2.45, 2.75) is 37.1 Å². The standard InChI is InChI=1S/C25H21Cl2N3O4/c1-14-22(17-6-2-5-9-21(17)34-13-15-10-11-16(26)12-19(15)27)23(30(32)33)25(29-14)18-7-3-4-8-20(18)28-24(25)31/h2-12,14,22-23,29H,13H2,1H3,(H,28,31)/t14-,22+,23+,25-/m0/s1. The van der Waals surface area contributed by atoms with Crippen LogP contribution in [0.4, 0.5) is 5.69 Å². The van der Waals surface area contributed by atoms with Gasteiger partial charge in [0.25, 0.3) is 11.9 Å². The highest BCUT2D eigenvalue weighted by Gasteiger charge is 2.67. The summed E-state index contributed by atoms with van der Waals surface area (Å²) >= 11 is 12.3. The zero-order valence-electron chi connectivity index (χ0n) is 18.1. The van der Waals surface area contributed by atoms with E-state index in [1.54, 1.807) is 48.5 Å².